The van der Waals surface area contributed by atoms with Gasteiger partial charge in [0.1, 0.15) is 42.1 Å². The lowest BCUT2D eigenvalue weighted by Crippen LogP contribution is -2.38. The molecule has 38 heteroatoms. The van der Waals surface area contributed by atoms with Crippen molar-refractivity contribution in [2.24, 2.45) is 23.7 Å². The van der Waals surface area contributed by atoms with Crippen LogP contribution in [-0.4, -0.2) is 211 Å². The molecule has 16 atom stereocenters. The van der Waals surface area contributed by atoms with Crippen LogP contribution in [0.25, 0.3) is 22.3 Å². The Hall–Kier alpha value is -6.69. The Balaban J connectivity index is 0.884. The number of hydrogen-bond acceptors (Lipinski definition) is 29. The van der Waals surface area contributed by atoms with Crippen LogP contribution in [-0.2, 0) is 48.5 Å². The lowest BCUT2D eigenvalue weighted by Gasteiger charge is -2.23. The number of aliphatic hydroxyl groups is 6. The third-order valence-corrected chi connectivity index (χ3v) is 21.1. The Labute approximate surface area is 473 Å². The quantitative estimate of drug-likeness (QED) is 0.0301. The summed E-state index contributed by atoms with van der Waals surface area (Å²) in [5.74, 6) is -10.3. The fourth-order valence-electron chi connectivity index (χ4n) is 11.6. The van der Waals surface area contributed by atoms with E-state index in [1.165, 1.54) is 23.2 Å². The number of aromatic nitrogens is 12. The standard InChI is InChI=1S/C46H61N15O20S3/c47-28-1-7-58(45(70)54-28)40-32(65)20(13-63)25(79-40)4-10-82(72,73)15-22-26(80-42(34(22)67)60-18-52-30-36(48)50-17-51-37(30)60)5-12-84(76,77)16-23-27(81-43(35(23)68)61-19-53-31-38(61)56-44(49)57-39(31)69)6-11-83(74,75)14-21-24(3-9-62)78-41(33(21)66)59-8-2-29(64)55-46(59)71/h1-2,7-8,17-27,32-35,40-43,62-63,65-68H,3-6,9-16H2,(H2,47,54,70)(H2,48,50,51)(H,55,64,71)(H3,49,56,57,69)/t20-,21-,22-,23-,24-,25-,26-,27-,32-,33-,34-,35-,40-,41-,42-,43-/m1/s1. The molecule has 0 spiro atoms. The van der Waals surface area contributed by atoms with Crippen LogP contribution in [0.15, 0.2) is 62.7 Å². The summed E-state index contributed by atoms with van der Waals surface area (Å²) in [6.45, 7) is -1.17. The van der Waals surface area contributed by atoms with Crippen molar-refractivity contribution in [3.8, 4) is 0 Å². The minimum absolute atomic E-state index is 0.0370. The molecule has 0 unspecified atom stereocenters. The molecule has 0 amide bonds. The maximum Gasteiger partial charge on any atom is 0.351 e. The number of anilines is 3. The number of fused-ring (bicyclic) bond motifs is 2. The highest BCUT2D eigenvalue weighted by Gasteiger charge is 2.52. The predicted molar refractivity (Wildman–Crippen MR) is 289 cm³/mol. The molecule has 0 aliphatic carbocycles. The first kappa shape index (κ1) is 60.4. The lowest BCUT2D eigenvalue weighted by atomic mass is 9.97. The normalized spacial score (nSPS) is 30.3. The van der Waals surface area contributed by atoms with Gasteiger partial charge in [-0.3, -0.25) is 37.8 Å². The smallest absolute Gasteiger partial charge is 0.351 e. The Kier molecular flexibility index (Phi) is 17.0. The number of H-pyrrole nitrogens is 2. The Morgan fingerprint density at radius 3 is 1.51 bits per heavy atom. The first-order valence-electron chi connectivity index (χ1n) is 26.3. The van der Waals surface area contributed by atoms with Crippen LogP contribution in [0.5, 0.6) is 0 Å². The zero-order valence-electron chi connectivity index (χ0n) is 44.1. The maximum atomic E-state index is 14.5. The second-order valence-corrected chi connectivity index (χ2v) is 27.9. The molecule has 35 nitrogen and oxygen atoms in total. The Bertz CT molecular complexity index is 4010. The average Bonchev–Trinajstić information content (AvgIpc) is 2.64. The van der Waals surface area contributed by atoms with Gasteiger partial charge in [-0.1, -0.05) is 0 Å². The molecule has 84 heavy (non-hydrogen) atoms. The first-order valence-corrected chi connectivity index (χ1v) is 31.7. The minimum Gasteiger partial charge on any atom is -0.396 e. The van der Waals surface area contributed by atoms with Crippen molar-refractivity contribution < 1.29 is 74.8 Å². The van der Waals surface area contributed by atoms with Gasteiger partial charge >= 0.3 is 11.4 Å². The number of imidazole rings is 2. The Morgan fingerprint density at radius 1 is 0.536 bits per heavy atom. The molecule has 4 fully saturated rings. The molecule has 458 valence electrons. The molecule has 0 bridgehead atoms. The van der Waals surface area contributed by atoms with Crippen LogP contribution < -0.4 is 39.7 Å². The third kappa shape index (κ3) is 12.1. The summed E-state index contributed by atoms with van der Waals surface area (Å²) >= 11 is 0. The predicted octanol–water partition coefficient (Wildman–Crippen LogP) is -6.20. The SMILES string of the molecule is Nc1ccn([C@@H]2O[C@H](CCS(=O)(=O)C[C@H]3[C@@H](O)[C@H](n4cnc5c(N)ncnc54)O[C@@H]3CCS(=O)(=O)C[C@H]3[C@@H](O)[C@H](n4cnc5c(=O)[nH]c(N)nc54)O[C@@H]3CCS(=O)(=O)C[C@H]3[C@@H](O)[C@H](n4ccc(=O)[nH]c4=O)O[C@@H]3CCO)[C@@H](CO)[C@H]2O)c(=O)n1. The fraction of sp³-hybridized carbons (Fsp3) is 0.609. The zero-order valence-corrected chi connectivity index (χ0v) is 46.5. The number of nitrogen functional groups attached to an aromatic ring is 3. The molecule has 0 aromatic carbocycles. The van der Waals surface area contributed by atoms with Crippen LogP contribution in [0.3, 0.4) is 0 Å². The zero-order chi connectivity index (χ0) is 60.3. The van der Waals surface area contributed by atoms with E-state index in [1.54, 1.807) is 0 Å². The number of ether oxygens (including phenoxy) is 4. The van der Waals surface area contributed by atoms with Gasteiger partial charge in [-0.2, -0.15) is 9.97 Å². The van der Waals surface area contributed by atoms with E-state index in [1.807, 2.05) is 4.98 Å². The molecule has 6 aromatic rings. The molecule has 10 heterocycles. The van der Waals surface area contributed by atoms with Crippen LogP contribution in [0, 0.1) is 23.7 Å². The van der Waals surface area contributed by atoms with Gasteiger partial charge in [-0.25, -0.2) is 54.8 Å². The molecule has 4 saturated heterocycles. The molecule has 6 aromatic heterocycles. The summed E-state index contributed by atoms with van der Waals surface area (Å²) in [5, 5.41) is 66.6. The highest BCUT2D eigenvalue weighted by molar-refractivity contribution is 7.91. The van der Waals surface area contributed by atoms with Gasteiger partial charge in [0.05, 0.1) is 78.2 Å². The molecule has 4 aliphatic rings. The summed E-state index contributed by atoms with van der Waals surface area (Å²) in [6, 6.07) is 2.27. The number of sulfone groups is 3. The van der Waals surface area contributed by atoms with Gasteiger partial charge in [0.2, 0.25) is 5.95 Å². The Morgan fingerprint density at radius 2 is 1.00 bits per heavy atom. The average molecular weight is 1240 g/mol. The van der Waals surface area contributed by atoms with Gasteiger partial charge in [0.25, 0.3) is 11.1 Å². The topological polar surface area (TPSA) is 536 Å². The summed E-state index contributed by atoms with van der Waals surface area (Å²) in [4.78, 5) is 78.3. The summed E-state index contributed by atoms with van der Waals surface area (Å²) in [5.41, 5.74) is 13.9. The van der Waals surface area contributed by atoms with Crippen LogP contribution >= 0.6 is 0 Å². The summed E-state index contributed by atoms with van der Waals surface area (Å²) in [7, 11) is -13.1. The molecule has 14 N–H and O–H groups in total. The second kappa shape index (κ2) is 23.6. The highest BCUT2D eigenvalue weighted by atomic mass is 32.2. The largest absolute Gasteiger partial charge is 0.396 e. The number of aliphatic hydroxyl groups excluding tert-OH is 6. The number of nitrogens with one attached hydrogen (secondary N) is 2. The van der Waals surface area contributed by atoms with E-state index < -0.39 is 210 Å². The van der Waals surface area contributed by atoms with Crippen molar-refractivity contribution in [3.05, 3.63) is 85.2 Å². The van der Waals surface area contributed by atoms with Crippen molar-refractivity contribution in [1.29, 1.82) is 0 Å². The molecule has 10 rings (SSSR count). The van der Waals surface area contributed by atoms with Gasteiger partial charge in [-0.05, 0) is 31.7 Å². The maximum absolute atomic E-state index is 14.5. The molecule has 0 saturated carbocycles. The second-order valence-electron chi connectivity index (χ2n) is 21.2. The molecular formula is C46H61N15O20S3. The molecular weight excluding hydrogens is 1180 g/mol. The minimum atomic E-state index is -4.46. The van der Waals surface area contributed by atoms with E-state index in [2.05, 4.69) is 34.9 Å². The van der Waals surface area contributed by atoms with Crippen LogP contribution in [0.2, 0.25) is 0 Å². The van der Waals surface area contributed by atoms with Gasteiger partial charge in [0.15, 0.2) is 77.1 Å². The van der Waals surface area contributed by atoms with Crippen molar-refractivity contribution in [3.63, 3.8) is 0 Å². The van der Waals surface area contributed by atoms with E-state index in [0.29, 0.717) is 0 Å². The first-order chi connectivity index (χ1) is 39.8. The monoisotopic (exact) mass is 1240 g/mol. The van der Waals surface area contributed by atoms with E-state index in [4.69, 9.17) is 36.1 Å². The summed E-state index contributed by atoms with van der Waals surface area (Å²) < 4.78 is 114. The number of aromatic amines is 2. The van der Waals surface area contributed by atoms with E-state index in [-0.39, 0.29) is 52.8 Å². The van der Waals surface area contributed by atoms with Crippen LogP contribution in [0.1, 0.15) is 50.6 Å². The number of rotatable bonds is 22. The highest BCUT2D eigenvalue weighted by Crippen LogP contribution is 2.42. The van der Waals surface area contributed by atoms with Crippen LogP contribution in [0.4, 0.5) is 17.6 Å². The third-order valence-electron chi connectivity index (χ3n) is 15.8. The number of nitrogens with two attached hydrogens (primary N) is 3. The van der Waals surface area contributed by atoms with Gasteiger partial charge < -0.3 is 66.8 Å². The fourth-order valence-corrected chi connectivity index (χ4v) is 16.9. The van der Waals surface area contributed by atoms with Gasteiger partial charge in [0, 0.05) is 48.7 Å². The van der Waals surface area contributed by atoms with E-state index in [9.17, 15) is 75.1 Å². The number of hydrogen-bond donors (Lipinski definition) is 11. The van der Waals surface area contributed by atoms with Gasteiger partial charge in [-0.15, -0.1) is 0 Å². The van der Waals surface area contributed by atoms with Crippen molar-refractivity contribution in [2.45, 2.75) is 99.4 Å². The molecule has 0 radical (unpaired) electrons. The number of nitrogens with zero attached hydrogens (tertiary/aromatic N) is 10. The van der Waals surface area contributed by atoms with E-state index >= 15 is 0 Å². The van der Waals surface area contributed by atoms with E-state index in [0.717, 1.165) is 38.6 Å². The van der Waals surface area contributed by atoms with Crippen molar-refractivity contribution in [2.75, 3.05) is 64.9 Å². The van der Waals surface area contributed by atoms with Crippen molar-refractivity contribution >= 4 is 69.4 Å². The molecule has 4 aliphatic heterocycles. The van der Waals surface area contributed by atoms with Crippen molar-refractivity contribution in [1.82, 2.24) is 58.1 Å². The lowest BCUT2D eigenvalue weighted by molar-refractivity contribution is -0.0448. The summed E-state index contributed by atoms with van der Waals surface area (Å²) in [6.07, 6.45) is -13.1.